The summed E-state index contributed by atoms with van der Waals surface area (Å²) in [5, 5.41) is 16.5. The molecule has 1 atom stereocenters. The van der Waals surface area contributed by atoms with Crippen LogP contribution in [0, 0.1) is 0 Å². The van der Waals surface area contributed by atoms with Crippen LogP contribution in [0.15, 0.2) is 0 Å². The molecule has 0 saturated heterocycles. The van der Waals surface area contributed by atoms with Gasteiger partial charge in [-0.05, 0) is 0 Å². The molecule has 0 saturated carbocycles. The van der Waals surface area contributed by atoms with E-state index in [0.29, 0.717) is 0 Å². The highest BCUT2D eigenvalue weighted by atomic mass is 16.6. The van der Waals surface area contributed by atoms with Crippen LogP contribution in [0.5, 0.6) is 0 Å². The van der Waals surface area contributed by atoms with Gasteiger partial charge in [0.25, 0.3) is 0 Å². The fourth-order valence-electron chi connectivity index (χ4n) is 0.164. The first kappa shape index (κ1) is 6.84. The number of aliphatic hydroxyl groups is 2. The van der Waals surface area contributed by atoms with Gasteiger partial charge in [-0.15, -0.1) is 0 Å². The first-order valence-electron chi connectivity index (χ1n) is 1.92. The van der Waals surface area contributed by atoms with Crippen molar-refractivity contribution in [1.29, 1.82) is 0 Å². The highest BCUT2D eigenvalue weighted by Gasteiger charge is 1.97. The first-order chi connectivity index (χ1) is 3.31. The van der Waals surface area contributed by atoms with Gasteiger partial charge in [0.15, 0.2) is 0 Å². The van der Waals surface area contributed by atoms with E-state index in [9.17, 15) is 0 Å². The highest BCUT2D eigenvalue weighted by Crippen LogP contribution is 1.76. The van der Waals surface area contributed by atoms with Crippen LogP contribution < -0.4 is 5.90 Å². The van der Waals surface area contributed by atoms with Crippen LogP contribution in [0.1, 0.15) is 0 Å². The van der Waals surface area contributed by atoms with Crippen LogP contribution in [0.4, 0.5) is 0 Å². The Labute approximate surface area is 41.5 Å². The Balaban J connectivity index is 2.83. The molecule has 0 rings (SSSR count). The lowest BCUT2D eigenvalue weighted by molar-refractivity contribution is 0.00574. The molecule has 0 aliphatic rings. The molecule has 0 aromatic rings. The second-order valence-electron chi connectivity index (χ2n) is 1.17. The van der Waals surface area contributed by atoms with Crippen molar-refractivity contribution in [2.45, 2.75) is 6.10 Å². The van der Waals surface area contributed by atoms with Crippen LogP contribution in [0.25, 0.3) is 0 Å². The van der Waals surface area contributed by atoms with Gasteiger partial charge in [-0.3, -0.25) is 0 Å². The van der Waals surface area contributed by atoms with E-state index in [4.69, 9.17) is 10.2 Å². The van der Waals surface area contributed by atoms with E-state index in [0.717, 1.165) is 0 Å². The number of nitrogens with two attached hydrogens (primary N) is 1. The Morgan fingerprint density at radius 3 is 2.43 bits per heavy atom. The maximum atomic E-state index is 8.40. The van der Waals surface area contributed by atoms with Crippen molar-refractivity contribution >= 4 is 0 Å². The summed E-state index contributed by atoms with van der Waals surface area (Å²) in [4.78, 5) is 3.98. The quantitative estimate of drug-likeness (QED) is 0.373. The normalized spacial score (nSPS) is 14.1. The number of hydrogen-bond acceptors (Lipinski definition) is 4. The Kier molecular flexibility index (Phi) is 3.92. The zero-order valence-electron chi connectivity index (χ0n) is 3.87. The van der Waals surface area contributed by atoms with E-state index in [1.165, 1.54) is 0 Å². The van der Waals surface area contributed by atoms with E-state index in [1.807, 2.05) is 0 Å². The van der Waals surface area contributed by atoms with E-state index < -0.39 is 6.10 Å². The van der Waals surface area contributed by atoms with Crippen LogP contribution in [0.3, 0.4) is 0 Å². The third-order valence-corrected chi connectivity index (χ3v) is 0.499. The summed E-state index contributed by atoms with van der Waals surface area (Å²) in [6, 6.07) is 0. The van der Waals surface area contributed by atoms with Gasteiger partial charge >= 0.3 is 0 Å². The molecule has 7 heavy (non-hydrogen) atoms. The summed E-state index contributed by atoms with van der Waals surface area (Å²) >= 11 is 0. The van der Waals surface area contributed by atoms with Crippen molar-refractivity contribution in [2.75, 3.05) is 13.2 Å². The van der Waals surface area contributed by atoms with E-state index in [1.54, 1.807) is 0 Å². The van der Waals surface area contributed by atoms with Gasteiger partial charge in [0.1, 0.15) is 6.10 Å². The average Bonchev–Trinajstić information content (AvgIpc) is 1.68. The molecule has 4 N–H and O–H groups in total. The zero-order chi connectivity index (χ0) is 5.70. The smallest absolute Gasteiger partial charge is 0.102 e. The topological polar surface area (TPSA) is 75.7 Å². The van der Waals surface area contributed by atoms with E-state index in [2.05, 4.69) is 10.7 Å². The lowest BCUT2D eigenvalue weighted by Crippen LogP contribution is -2.21. The van der Waals surface area contributed by atoms with Crippen molar-refractivity contribution in [3.8, 4) is 0 Å². The number of hydrogen-bond donors (Lipinski definition) is 3. The van der Waals surface area contributed by atoms with Crippen LogP contribution >= 0.6 is 0 Å². The highest BCUT2D eigenvalue weighted by molar-refractivity contribution is 4.45. The molecule has 0 aromatic carbocycles. The Morgan fingerprint density at radius 2 is 2.29 bits per heavy atom. The molecule has 0 amide bonds. The third-order valence-electron chi connectivity index (χ3n) is 0.499. The largest absolute Gasteiger partial charge is 0.394 e. The molecule has 0 aliphatic carbocycles. The third kappa shape index (κ3) is 3.68. The van der Waals surface area contributed by atoms with E-state index >= 15 is 0 Å². The van der Waals surface area contributed by atoms with Gasteiger partial charge in [-0.2, -0.15) is 0 Å². The summed E-state index contributed by atoms with van der Waals surface area (Å²) in [5.74, 6) is 4.53. The van der Waals surface area contributed by atoms with Crippen LogP contribution in [-0.4, -0.2) is 29.5 Å². The van der Waals surface area contributed by atoms with Crippen molar-refractivity contribution < 1.29 is 15.1 Å². The molecule has 0 fully saturated rings. The average molecular weight is 107 g/mol. The second-order valence-corrected chi connectivity index (χ2v) is 1.17. The molecule has 0 spiro atoms. The number of aliphatic hydroxyl groups excluding tert-OH is 2. The predicted octanol–water partition coefficient (Wildman–Crippen LogP) is -1.77. The SMILES string of the molecule is NOC[C@H](O)CO. The van der Waals surface area contributed by atoms with E-state index in [-0.39, 0.29) is 13.2 Å². The van der Waals surface area contributed by atoms with Gasteiger partial charge in [0, 0.05) is 0 Å². The molecule has 4 heteroatoms. The Morgan fingerprint density at radius 1 is 1.71 bits per heavy atom. The maximum absolute atomic E-state index is 8.40. The van der Waals surface area contributed by atoms with Gasteiger partial charge in [0.05, 0.1) is 13.2 Å². The van der Waals surface area contributed by atoms with Crippen molar-refractivity contribution in [3.63, 3.8) is 0 Å². The molecule has 0 unspecified atom stereocenters. The monoisotopic (exact) mass is 107 g/mol. The molecule has 0 radical (unpaired) electrons. The molecule has 0 heterocycles. The fraction of sp³-hybridized carbons (Fsp3) is 1.00. The molecule has 44 valence electrons. The first-order valence-corrected chi connectivity index (χ1v) is 1.92. The lowest BCUT2D eigenvalue weighted by Gasteiger charge is -2.01. The minimum absolute atomic E-state index is 0.0174. The summed E-state index contributed by atoms with van der Waals surface area (Å²) in [7, 11) is 0. The van der Waals surface area contributed by atoms with Gasteiger partial charge in [-0.1, -0.05) is 0 Å². The van der Waals surface area contributed by atoms with Crippen molar-refractivity contribution in [2.24, 2.45) is 5.90 Å². The Bertz CT molecular complexity index is 41.2. The summed E-state index contributed by atoms with van der Waals surface area (Å²) in [5.41, 5.74) is 0. The van der Waals surface area contributed by atoms with Gasteiger partial charge in [0.2, 0.25) is 0 Å². The molecule has 0 aromatic heterocycles. The van der Waals surface area contributed by atoms with Gasteiger partial charge < -0.3 is 15.1 Å². The van der Waals surface area contributed by atoms with Gasteiger partial charge in [-0.25, -0.2) is 5.90 Å². The molecule has 0 bridgehead atoms. The van der Waals surface area contributed by atoms with Crippen molar-refractivity contribution in [1.82, 2.24) is 0 Å². The fourth-order valence-corrected chi connectivity index (χ4v) is 0.164. The van der Waals surface area contributed by atoms with Crippen LogP contribution in [-0.2, 0) is 4.84 Å². The molecular weight excluding hydrogens is 98.0 g/mol. The van der Waals surface area contributed by atoms with Crippen molar-refractivity contribution in [3.05, 3.63) is 0 Å². The minimum Gasteiger partial charge on any atom is -0.394 e. The number of rotatable bonds is 3. The molecular formula is C3H9NO3. The second kappa shape index (κ2) is 4.01. The summed E-state index contributed by atoms with van der Waals surface area (Å²) < 4.78 is 0. The summed E-state index contributed by atoms with van der Waals surface area (Å²) in [6.45, 7) is -0.326. The molecule has 0 aliphatic heterocycles. The lowest BCUT2D eigenvalue weighted by atomic mass is 10.4. The maximum Gasteiger partial charge on any atom is 0.102 e. The zero-order valence-corrected chi connectivity index (χ0v) is 3.87. The molecule has 4 nitrogen and oxygen atoms in total. The summed E-state index contributed by atoms with van der Waals surface area (Å²) in [6.07, 6.45) is -0.843. The minimum atomic E-state index is -0.843. The standard InChI is InChI=1S/C3H9NO3/c4-7-2-3(6)1-5/h3,5-6H,1-2,4H2/t3-/m1/s1. The Hall–Kier alpha value is -0.160. The predicted molar refractivity (Wildman–Crippen MR) is 23.2 cm³/mol. The van der Waals surface area contributed by atoms with Crippen LogP contribution in [0.2, 0.25) is 0 Å².